The number of rotatable bonds is 6. The van der Waals surface area contributed by atoms with Gasteiger partial charge in [-0.05, 0) is 39.5 Å². The van der Waals surface area contributed by atoms with Crippen LogP contribution in [0.5, 0.6) is 0 Å². The topological polar surface area (TPSA) is 60.9 Å². The molecule has 2 amide bonds. The molecule has 0 bridgehead atoms. The van der Waals surface area contributed by atoms with Crippen LogP contribution in [0, 0.1) is 18.3 Å². The summed E-state index contributed by atoms with van der Waals surface area (Å²) < 4.78 is 0. The molecule has 0 aromatic carbocycles. The second kappa shape index (κ2) is 5.96. The van der Waals surface area contributed by atoms with Crippen molar-refractivity contribution >= 4 is 12.0 Å². The van der Waals surface area contributed by atoms with Gasteiger partial charge in [0.05, 0.1) is 6.54 Å². The van der Waals surface area contributed by atoms with Crippen molar-refractivity contribution in [2.45, 2.75) is 39.2 Å². The van der Waals surface area contributed by atoms with Crippen LogP contribution >= 0.6 is 0 Å². The number of carbonyl (C=O) groups excluding carboxylic acids is 1. The number of aliphatic carboxylic acids is 1. The van der Waals surface area contributed by atoms with Crippen LogP contribution in [0.3, 0.4) is 0 Å². The summed E-state index contributed by atoms with van der Waals surface area (Å²) in [6.07, 6.45) is 7.52. The Morgan fingerprint density at radius 2 is 2.00 bits per heavy atom. The first kappa shape index (κ1) is 15.4. The first-order chi connectivity index (χ1) is 8.84. The first-order valence-electron chi connectivity index (χ1n) is 6.58. The second-order valence-electron chi connectivity index (χ2n) is 5.42. The van der Waals surface area contributed by atoms with E-state index in [4.69, 9.17) is 6.42 Å². The Balaban J connectivity index is 2.85. The Hall–Kier alpha value is -1.70. The van der Waals surface area contributed by atoms with Crippen molar-refractivity contribution in [1.82, 2.24) is 9.80 Å². The maximum Gasteiger partial charge on any atom is 0.329 e. The Labute approximate surface area is 114 Å². The zero-order valence-corrected chi connectivity index (χ0v) is 11.8. The lowest BCUT2D eigenvalue weighted by Crippen LogP contribution is -2.57. The summed E-state index contributed by atoms with van der Waals surface area (Å²) in [5.41, 5.74) is -1.23. The van der Waals surface area contributed by atoms with E-state index in [9.17, 15) is 14.7 Å². The zero-order chi connectivity index (χ0) is 14.6. The largest absolute Gasteiger partial charge is 0.480 e. The molecule has 1 rings (SSSR count). The summed E-state index contributed by atoms with van der Waals surface area (Å²) in [5, 5.41) is 9.24. The molecule has 1 aliphatic carbocycles. The maximum absolute atomic E-state index is 12.5. The summed E-state index contributed by atoms with van der Waals surface area (Å²) in [6, 6.07) is -0.292. The molecule has 5 nitrogen and oxygen atoms in total. The predicted octanol–water partition coefficient (Wildman–Crippen LogP) is 1.64. The zero-order valence-electron chi connectivity index (χ0n) is 11.8. The molecule has 106 valence electrons. The fourth-order valence-corrected chi connectivity index (χ4v) is 1.99. The molecule has 0 radical (unpaired) electrons. The number of carboxylic acid groups (broad SMARTS) is 1. The number of hydrogen-bond donors (Lipinski definition) is 1. The monoisotopic (exact) mass is 266 g/mol. The number of carbonyl (C=O) groups is 2. The average molecular weight is 266 g/mol. The maximum atomic E-state index is 12.5. The van der Waals surface area contributed by atoms with Gasteiger partial charge in [-0.3, -0.25) is 0 Å². The fourth-order valence-electron chi connectivity index (χ4n) is 1.99. The van der Waals surface area contributed by atoms with Crippen molar-refractivity contribution in [2.75, 3.05) is 19.6 Å². The van der Waals surface area contributed by atoms with E-state index in [0.717, 1.165) is 12.8 Å². The molecule has 0 heterocycles. The number of likely N-dealkylation sites (N-methyl/N-ethyl adjacent to an activating group) is 1. The Morgan fingerprint density at radius 1 is 1.42 bits per heavy atom. The van der Waals surface area contributed by atoms with E-state index < -0.39 is 11.5 Å². The number of nitrogens with zero attached hydrogens (tertiary/aromatic N) is 2. The van der Waals surface area contributed by atoms with Gasteiger partial charge in [-0.1, -0.05) is 5.92 Å². The average Bonchev–Trinajstić information content (AvgIpc) is 3.12. The minimum absolute atomic E-state index is 0.224. The standard InChI is InChI=1S/C14H22N2O3/c1-5-9-15(10-11-7-8-11)13(19)16(6-2)14(3,4)12(17)18/h1,11H,6-10H2,2-4H3,(H,17,18). The van der Waals surface area contributed by atoms with Gasteiger partial charge in [0.15, 0.2) is 0 Å². The molecule has 0 aromatic rings. The highest BCUT2D eigenvalue weighted by atomic mass is 16.4. The molecular weight excluding hydrogens is 244 g/mol. The van der Waals surface area contributed by atoms with Crippen molar-refractivity contribution in [3.05, 3.63) is 0 Å². The van der Waals surface area contributed by atoms with Crippen LogP contribution in [0.4, 0.5) is 4.79 Å². The number of amides is 2. The molecule has 0 aliphatic heterocycles. The van der Waals surface area contributed by atoms with Gasteiger partial charge in [0.2, 0.25) is 0 Å². The van der Waals surface area contributed by atoms with Gasteiger partial charge in [-0.15, -0.1) is 6.42 Å². The van der Waals surface area contributed by atoms with E-state index in [0.29, 0.717) is 19.0 Å². The molecular formula is C14H22N2O3. The van der Waals surface area contributed by atoms with Crippen LogP contribution < -0.4 is 0 Å². The SMILES string of the molecule is C#CCN(CC1CC1)C(=O)N(CC)C(C)(C)C(=O)O. The molecule has 0 aromatic heterocycles. The highest BCUT2D eigenvalue weighted by Crippen LogP contribution is 2.30. The number of carboxylic acids is 1. The van der Waals surface area contributed by atoms with Crippen LogP contribution in [0.1, 0.15) is 33.6 Å². The van der Waals surface area contributed by atoms with E-state index >= 15 is 0 Å². The molecule has 1 N–H and O–H groups in total. The molecule has 1 saturated carbocycles. The molecule has 1 fully saturated rings. The normalized spacial score (nSPS) is 14.6. The third kappa shape index (κ3) is 3.63. The summed E-state index contributed by atoms with van der Waals surface area (Å²) >= 11 is 0. The van der Waals surface area contributed by atoms with Crippen molar-refractivity contribution in [2.24, 2.45) is 5.92 Å². The van der Waals surface area contributed by atoms with Gasteiger partial charge in [0, 0.05) is 13.1 Å². The Kier molecular flexibility index (Phi) is 4.82. The molecule has 5 heteroatoms. The Morgan fingerprint density at radius 3 is 2.37 bits per heavy atom. The first-order valence-corrected chi connectivity index (χ1v) is 6.58. The van der Waals surface area contributed by atoms with Gasteiger partial charge in [-0.25, -0.2) is 9.59 Å². The summed E-state index contributed by atoms with van der Waals surface area (Å²) in [5.74, 6) is 1.97. The van der Waals surface area contributed by atoms with Gasteiger partial charge in [-0.2, -0.15) is 0 Å². The van der Waals surface area contributed by atoms with E-state index in [1.165, 1.54) is 18.7 Å². The van der Waals surface area contributed by atoms with Gasteiger partial charge >= 0.3 is 12.0 Å². The van der Waals surface area contributed by atoms with E-state index in [-0.39, 0.29) is 12.6 Å². The van der Waals surface area contributed by atoms with Crippen LogP contribution in [-0.2, 0) is 4.79 Å². The third-order valence-electron chi connectivity index (χ3n) is 3.47. The second-order valence-corrected chi connectivity index (χ2v) is 5.42. The molecule has 0 saturated heterocycles. The van der Waals surface area contributed by atoms with Crippen molar-refractivity contribution in [3.63, 3.8) is 0 Å². The van der Waals surface area contributed by atoms with E-state index in [1.54, 1.807) is 11.8 Å². The van der Waals surface area contributed by atoms with E-state index in [1.807, 2.05) is 0 Å². The van der Waals surface area contributed by atoms with Crippen molar-refractivity contribution < 1.29 is 14.7 Å². The van der Waals surface area contributed by atoms with Gasteiger partial charge in [0.1, 0.15) is 5.54 Å². The quantitative estimate of drug-likeness (QED) is 0.743. The minimum atomic E-state index is -1.23. The summed E-state index contributed by atoms with van der Waals surface area (Å²) in [7, 11) is 0. The summed E-state index contributed by atoms with van der Waals surface area (Å²) in [6.45, 7) is 6.01. The smallest absolute Gasteiger partial charge is 0.329 e. The predicted molar refractivity (Wildman–Crippen MR) is 72.6 cm³/mol. The lowest BCUT2D eigenvalue weighted by atomic mass is 10.0. The van der Waals surface area contributed by atoms with Crippen molar-refractivity contribution in [3.8, 4) is 12.3 Å². The molecule has 0 spiro atoms. The Bertz CT molecular complexity index is 394. The highest BCUT2D eigenvalue weighted by molar-refractivity contribution is 5.85. The molecule has 1 aliphatic rings. The van der Waals surface area contributed by atoms with Crippen molar-refractivity contribution in [1.29, 1.82) is 0 Å². The van der Waals surface area contributed by atoms with Crippen LogP contribution in [0.15, 0.2) is 0 Å². The van der Waals surface area contributed by atoms with Gasteiger partial charge < -0.3 is 14.9 Å². The highest BCUT2D eigenvalue weighted by Gasteiger charge is 2.39. The van der Waals surface area contributed by atoms with Crippen LogP contribution in [0.25, 0.3) is 0 Å². The van der Waals surface area contributed by atoms with E-state index in [2.05, 4.69) is 5.92 Å². The molecule has 0 unspecified atom stereocenters. The van der Waals surface area contributed by atoms with Crippen LogP contribution in [0.2, 0.25) is 0 Å². The lowest BCUT2D eigenvalue weighted by molar-refractivity contribution is -0.147. The summed E-state index contributed by atoms with van der Waals surface area (Å²) in [4.78, 5) is 26.7. The number of terminal acetylenes is 1. The third-order valence-corrected chi connectivity index (χ3v) is 3.47. The number of hydrogen-bond acceptors (Lipinski definition) is 2. The van der Waals surface area contributed by atoms with Gasteiger partial charge in [0.25, 0.3) is 0 Å². The number of urea groups is 1. The minimum Gasteiger partial charge on any atom is -0.480 e. The lowest BCUT2D eigenvalue weighted by Gasteiger charge is -2.37. The molecule has 0 atom stereocenters. The fraction of sp³-hybridized carbons (Fsp3) is 0.714. The molecule has 19 heavy (non-hydrogen) atoms. The van der Waals surface area contributed by atoms with Crippen LogP contribution in [-0.4, -0.2) is 52.1 Å².